The number of benzene rings is 2. The summed E-state index contributed by atoms with van der Waals surface area (Å²) in [5.74, 6) is 0. The van der Waals surface area contributed by atoms with Gasteiger partial charge in [-0.2, -0.15) is 0 Å². The summed E-state index contributed by atoms with van der Waals surface area (Å²) >= 11 is 12.5. The Balaban J connectivity index is 1.96. The van der Waals surface area contributed by atoms with Gasteiger partial charge in [0, 0.05) is 20.4 Å². The Morgan fingerprint density at radius 1 is 1.00 bits per heavy atom. The minimum absolute atomic E-state index is 0.0400. The van der Waals surface area contributed by atoms with E-state index in [1.807, 2.05) is 11.3 Å². The average molecular weight is 475 g/mol. The maximum absolute atomic E-state index is 6.87. The number of nitrogens with zero attached hydrogens (tertiary/aromatic N) is 1. The maximum atomic E-state index is 6.87. The Kier molecular flexibility index (Phi) is 5.61. The van der Waals surface area contributed by atoms with Gasteiger partial charge in [0.05, 0.1) is 16.4 Å². The summed E-state index contributed by atoms with van der Waals surface area (Å²) < 4.78 is 0.946. The highest BCUT2D eigenvalue weighted by atomic mass is 79.9. The molecule has 0 bridgehead atoms. The monoisotopic (exact) mass is 473 g/mol. The van der Waals surface area contributed by atoms with Gasteiger partial charge >= 0.3 is 0 Å². The minimum Gasteiger partial charge on any atom is -0.308 e. The normalized spacial score (nSPS) is 14.0. The Morgan fingerprint density at radius 2 is 1.71 bits per heavy atom. The summed E-state index contributed by atoms with van der Waals surface area (Å²) in [5, 5.41) is 3.07. The summed E-state index contributed by atoms with van der Waals surface area (Å²) in [6, 6.07) is 15.0. The number of fused-ring (bicyclic) bond motifs is 1. The zero-order chi connectivity index (χ0) is 19.9. The lowest BCUT2D eigenvalue weighted by atomic mass is 9.86. The zero-order valence-corrected chi connectivity index (χ0v) is 19.7. The van der Waals surface area contributed by atoms with Crippen LogP contribution in [0.1, 0.15) is 49.6 Å². The first-order valence-corrected chi connectivity index (χ1v) is 11.9. The third-order valence-electron chi connectivity index (χ3n) is 5.41. The Morgan fingerprint density at radius 3 is 2.43 bits per heavy atom. The largest absolute Gasteiger partial charge is 0.308 e. The van der Waals surface area contributed by atoms with E-state index >= 15 is 0 Å². The molecule has 2 aromatic carbocycles. The number of para-hydroxylation sites is 1. The van der Waals surface area contributed by atoms with Crippen LogP contribution in [0.5, 0.6) is 0 Å². The molecule has 0 saturated heterocycles. The second kappa shape index (κ2) is 7.85. The van der Waals surface area contributed by atoms with Gasteiger partial charge < -0.3 is 4.90 Å². The predicted molar refractivity (Wildman–Crippen MR) is 127 cm³/mol. The second-order valence-corrected chi connectivity index (χ2v) is 10.6. The van der Waals surface area contributed by atoms with Gasteiger partial charge in [-0.1, -0.05) is 50.6 Å². The van der Waals surface area contributed by atoms with Crippen molar-refractivity contribution in [1.29, 1.82) is 0 Å². The molecule has 1 heterocycles. The average Bonchev–Trinajstić information content (AvgIpc) is 3.09. The molecule has 1 aromatic heterocycles. The second-order valence-electron chi connectivity index (χ2n) is 8.44. The van der Waals surface area contributed by atoms with E-state index in [0.717, 1.165) is 27.3 Å². The molecular weight excluding hydrogens is 450 g/mol. The van der Waals surface area contributed by atoms with E-state index in [0.29, 0.717) is 0 Å². The molecule has 3 aromatic rings. The van der Waals surface area contributed by atoms with Crippen LogP contribution in [-0.2, 0) is 18.3 Å². The fourth-order valence-corrected chi connectivity index (χ4v) is 5.58. The molecule has 4 heteroatoms. The van der Waals surface area contributed by atoms with Crippen LogP contribution in [-0.4, -0.2) is 0 Å². The minimum atomic E-state index is 0.0400. The van der Waals surface area contributed by atoms with Crippen molar-refractivity contribution in [3.63, 3.8) is 0 Å². The molecule has 1 aliphatic carbocycles. The highest BCUT2D eigenvalue weighted by molar-refractivity contribution is 9.10. The number of halogens is 2. The van der Waals surface area contributed by atoms with Crippen LogP contribution < -0.4 is 4.90 Å². The molecule has 0 amide bonds. The molecule has 4 rings (SSSR count). The summed E-state index contributed by atoms with van der Waals surface area (Å²) in [7, 11) is 0. The number of aryl methyl sites for hydroxylation is 1. The van der Waals surface area contributed by atoms with E-state index in [9.17, 15) is 0 Å². The number of thiophene rings is 1. The summed E-state index contributed by atoms with van der Waals surface area (Å²) in [6.07, 6.45) is 4.90. The topological polar surface area (TPSA) is 3.24 Å². The van der Waals surface area contributed by atoms with Gasteiger partial charge in [0.2, 0.25) is 0 Å². The molecule has 0 atom stereocenters. The maximum Gasteiger partial charge on any atom is 0.0788 e. The van der Waals surface area contributed by atoms with Gasteiger partial charge in [-0.3, -0.25) is 0 Å². The van der Waals surface area contributed by atoms with E-state index < -0.39 is 0 Å². The predicted octanol–water partition coefficient (Wildman–Crippen LogP) is 8.81. The third kappa shape index (κ3) is 3.77. The van der Waals surface area contributed by atoms with Gasteiger partial charge in [0.15, 0.2) is 0 Å². The highest BCUT2D eigenvalue weighted by Gasteiger charge is 2.26. The van der Waals surface area contributed by atoms with Gasteiger partial charge in [0.1, 0.15) is 0 Å². The molecule has 1 nitrogen and oxygen atoms in total. The molecule has 0 N–H and O–H groups in total. The van der Waals surface area contributed by atoms with Crippen molar-refractivity contribution in [2.45, 2.75) is 51.9 Å². The van der Waals surface area contributed by atoms with Gasteiger partial charge in [-0.15, -0.1) is 11.3 Å². The van der Waals surface area contributed by atoms with Crippen molar-refractivity contribution in [2.24, 2.45) is 0 Å². The number of hydrogen-bond donors (Lipinski definition) is 0. The van der Waals surface area contributed by atoms with E-state index in [4.69, 9.17) is 11.6 Å². The first kappa shape index (κ1) is 20.0. The Labute approximate surface area is 185 Å². The lowest BCUT2D eigenvalue weighted by Gasteiger charge is -2.30. The quantitative estimate of drug-likeness (QED) is 0.366. The van der Waals surface area contributed by atoms with Gasteiger partial charge in [0.25, 0.3) is 0 Å². The first-order valence-electron chi connectivity index (χ1n) is 9.80. The molecule has 1 aliphatic rings. The Hall–Kier alpha value is -1.29. The van der Waals surface area contributed by atoms with Gasteiger partial charge in [-0.05, 0) is 82.4 Å². The first-order chi connectivity index (χ1) is 13.4. The fraction of sp³-hybridized carbons (Fsp3) is 0.333. The SMILES string of the molecule is CC(C)(C)c1cc(Br)c(Cl)c(N(c2ccccc2)c2csc3c2CCCC3)c1. The van der Waals surface area contributed by atoms with Crippen molar-refractivity contribution in [3.05, 3.63) is 73.3 Å². The van der Waals surface area contributed by atoms with E-state index in [-0.39, 0.29) is 5.41 Å². The van der Waals surface area contributed by atoms with Crippen molar-refractivity contribution in [3.8, 4) is 0 Å². The van der Waals surface area contributed by atoms with Crippen LogP contribution in [0.2, 0.25) is 5.02 Å². The molecule has 146 valence electrons. The van der Waals surface area contributed by atoms with E-state index in [1.165, 1.54) is 41.0 Å². The number of hydrogen-bond acceptors (Lipinski definition) is 2. The van der Waals surface area contributed by atoms with Crippen molar-refractivity contribution >= 4 is 55.9 Å². The molecule has 0 saturated carbocycles. The zero-order valence-electron chi connectivity index (χ0n) is 16.6. The lowest BCUT2D eigenvalue weighted by Crippen LogP contribution is -2.16. The molecule has 0 unspecified atom stereocenters. The molecule has 0 aliphatic heterocycles. The van der Waals surface area contributed by atoms with Crippen LogP contribution in [0, 0.1) is 0 Å². The molecule has 0 radical (unpaired) electrons. The van der Waals surface area contributed by atoms with Crippen molar-refractivity contribution in [1.82, 2.24) is 0 Å². The van der Waals surface area contributed by atoms with E-state index in [2.05, 4.69) is 89.4 Å². The van der Waals surface area contributed by atoms with E-state index in [1.54, 1.807) is 0 Å². The standard InChI is InChI=1S/C24H25BrClNS/c1-24(2,3)16-13-19(25)23(26)20(14-16)27(17-9-5-4-6-10-17)21-15-28-22-12-8-7-11-18(21)22/h4-6,9-10,13-15H,7-8,11-12H2,1-3H3. The van der Waals surface area contributed by atoms with Crippen LogP contribution >= 0.6 is 38.9 Å². The summed E-state index contributed by atoms with van der Waals surface area (Å²) in [4.78, 5) is 3.88. The third-order valence-corrected chi connectivity index (χ3v) is 7.74. The summed E-state index contributed by atoms with van der Waals surface area (Å²) in [6.45, 7) is 6.73. The molecule has 28 heavy (non-hydrogen) atoms. The van der Waals surface area contributed by atoms with Crippen molar-refractivity contribution < 1.29 is 0 Å². The lowest BCUT2D eigenvalue weighted by molar-refractivity contribution is 0.590. The van der Waals surface area contributed by atoms with Crippen LogP contribution in [0.3, 0.4) is 0 Å². The molecule has 0 spiro atoms. The fourth-order valence-electron chi connectivity index (χ4n) is 3.82. The van der Waals surface area contributed by atoms with Crippen LogP contribution in [0.25, 0.3) is 0 Å². The highest BCUT2D eigenvalue weighted by Crippen LogP contribution is 2.47. The molecular formula is C24H25BrClNS. The summed E-state index contributed by atoms with van der Waals surface area (Å²) in [5.41, 5.74) is 6.27. The van der Waals surface area contributed by atoms with Crippen LogP contribution in [0.4, 0.5) is 17.1 Å². The Bertz CT molecular complexity index is 988. The van der Waals surface area contributed by atoms with Crippen LogP contribution in [0.15, 0.2) is 52.3 Å². The number of rotatable bonds is 3. The smallest absolute Gasteiger partial charge is 0.0788 e. The molecule has 0 fully saturated rings. The van der Waals surface area contributed by atoms with Crippen molar-refractivity contribution in [2.75, 3.05) is 4.90 Å². The number of anilines is 3. The van der Waals surface area contributed by atoms with Gasteiger partial charge in [-0.25, -0.2) is 0 Å².